The molecule has 0 bridgehead atoms. The molecule has 0 radical (unpaired) electrons. The van der Waals surface area contributed by atoms with Gasteiger partial charge >= 0.3 is 0 Å². The summed E-state index contributed by atoms with van der Waals surface area (Å²) in [4.78, 5) is 27.1. The van der Waals surface area contributed by atoms with Gasteiger partial charge in [-0.15, -0.1) is 0 Å². The van der Waals surface area contributed by atoms with Gasteiger partial charge in [0.15, 0.2) is 11.4 Å². The summed E-state index contributed by atoms with van der Waals surface area (Å²) < 4.78 is 0.974. The van der Waals surface area contributed by atoms with E-state index in [0.717, 1.165) is 17.2 Å². The summed E-state index contributed by atoms with van der Waals surface area (Å²) in [5.41, 5.74) is -0.893. The Bertz CT molecular complexity index is 1070. The Kier molecular flexibility index (Phi) is 4.68. The van der Waals surface area contributed by atoms with Gasteiger partial charge in [-0.3, -0.25) is 9.59 Å². The molecule has 2 atom stereocenters. The molecule has 1 saturated carbocycles. The number of carbonyl (C=O) groups excluding carboxylic acids is 1. The predicted octanol–water partition coefficient (Wildman–Crippen LogP) is 2.73. The summed E-state index contributed by atoms with van der Waals surface area (Å²) in [6.07, 6.45) is 0.824. The monoisotopic (exact) mass is 437 g/mol. The molecule has 2 heterocycles. The van der Waals surface area contributed by atoms with Crippen molar-refractivity contribution in [3.63, 3.8) is 0 Å². The van der Waals surface area contributed by atoms with Crippen LogP contribution in [0.3, 0.4) is 0 Å². The summed E-state index contributed by atoms with van der Waals surface area (Å²) in [7, 11) is 0. The van der Waals surface area contributed by atoms with Crippen LogP contribution in [-0.2, 0) is 0 Å². The summed E-state index contributed by atoms with van der Waals surface area (Å²) >= 11 is 12.1. The third-order valence-electron chi connectivity index (χ3n) is 6.25. The van der Waals surface area contributed by atoms with Crippen LogP contribution < -0.4 is 5.56 Å². The molecule has 1 saturated heterocycles. The van der Waals surface area contributed by atoms with E-state index in [-0.39, 0.29) is 39.8 Å². The maximum absolute atomic E-state index is 13.1. The van der Waals surface area contributed by atoms with Crippen molar-refractivity contribution in [3.8, 4) is 11.4 Å². The lowest BCUT2D eigenvalue weighted by molar-refractivity contribution is -0.0977. The number of hydrogen-bond donors (Lipinski definition) is 2. The van der Waals surface area contributed by atoms with Crippen molar-refractivity contribution < 1.29 is 15.0 Å². The van der Waals surface area contributed by atoms with E-state index >= 15 is 0 Å². The molecule has 2 aromatic rings. The first-order valence-electron chi connectivity index (χ1n) is 9.27. The van der Waals surface area contributed by atoms with E-state index in [1.54, 1.807) is 11.0 Å². The highest BCUT2D eigenvalue weighted by molar-refractivity contribution is 6.35. The van der Waals surface area contributed by atoms with Crippen LogP contribution in [-0.4, -0.2) is 50.5 Å². The highest BCUT2D eigenvalue weighted by atomic mass is 35.5. The average molecular weight is 438 g/mol. The Hall–Kier alpha value is -2.09. The number of aliphatic hydroxyl groups excluding tert-OH is 1. The number of aromatic nitrogens is 2. The van der Waals surface area contributed by atoms with Crippen molar-refractivity contribution in [1.29, 1.82) is 0 Å². The van der Waals surface area contributed by atoms with Crippen molar-refractivity contribution in [2.24, 2.45) is 16.7 Å². The number of aromatic hydroxyl groups is 1. The van der Waals surface area contributed by atoms with Gasteiger partial charge in [0.1, 0.15) is 0 Å². The smallest absolute Gasteiger partial charge is 0.278 e. The molecule has 9 heteroatoms. The van der Waals surface area contributed by atoms with Gasteiger partial charge in [-0.25, -0.2) is 0 Å². The minimum absolute atomic E-state index is 0.00413. The average Bonchev–Trinajstić information content (AvgIpc) is 2.97. The van der Waals surface area contributed by atoms with Crippen molar-refractivity contribution in [1.82, 2.24) is 14.7 Å². The number of aliphatic hydroxyl groups is 1. The van der Waals surface area contributed by atoms with E-state index in [2.05, 4.69) is 18.9 Å². The van der Waals surface area contributed by atoms with E-state index in [0.29, 0.717) is 18.1 Å². The number of benzene rings is 1. The zero-order valence-electron chi connectivity index (χ0n) is 16.0. The standard InChI is InChI=1S/C20H21Cl2N3O4/c1-19(2)8-20(10-26)9-24(7-15(19)20)18(29)17-14(27)6-16(28)25(23-17)13-4-3-11(21)5-12(13)22/h3-6,15,26-27H,7-10H2,1-2H3/t15-,20-/m1/s1. The fourth-order valence-corrected chi connectivity index (χ4v) is 5.56. The Balaban J connectivity index is 1.71. The summed E-state index contributed by atoms with van der Waals surface area (Å²) in [5.74, 6) is -0.806. The van der Waals surface area contributed by atoms with Gasteiger partial charge in [0.2, 0.25) is 0 Å². The molecule has 1 aliphatic heterocycles. The van der Waals surface area contributed by atoms with Crippen LogP contribution >= 0.6 is 23.2 Å². The van der Waals surface area contributed by atoms with Crippen LogP contribution in [0.4, 0.5) is 0 Å². The van der Waals surface area contributed by atoms with E-state index in [1.807, 2.05) is 0 Å². The maximum Gasteiger partial charge on any atom is 0.278 e. The number of amides is 1. The van der Waals surface area contributed by atoms with Crippen LogP contribution in [0.15, 0.2) is 29.1 Å². The lowest BCUT2D eigenvalue weighted by atomic mass is 9.48. The lowest BCUT2D eigenvalue weighted by Gasteiger charge is -2.55. The molecule has 154 valence electrons. The fourth-order valence-electron chi connectivity index (χ4n) is 5.07. The van der Waals surface area contributed by atoms with Crippen molar-refractivity contribution in [2.75, 3.05) is 19.7 Å². The maximum atomic E-state index is 13.1. The topological polar surface area (TPSA) is 95.7 Å². The normalized spacial score (nSPS) is 24.9. The van der Waals surface area contributed by atoms with E-state index in [9.17, 15) is 19.8 Å². The quantitative estimate of drug-likeness (QED) is 0.769. The van der Waals surface area contributed by atoms with Gasteiger partial charge in [-0.1, -0.05) is 37.0 Å². The van der Waals surface area contributed by atoms with Gasteiger partial charge in [0, 0.05) is 29.6 Å². The largest absolute Gasteiger partial charge is 0.505 e. The third-order valence-corrected chi connectivity index (χ3v) is 6.79. The number of fused-ring (bicyclic) bond motifs is 1. The summed E-state index contributed by atoms with van der Waals surface area (Å²) in [6, 6.07) is 5.48. The minimum Gasteiger partial charge on any atom is -0.505 e. The van der Waals surface area contributed by atoms with Gasteiger partial charge in [0.25, 0.3) is 11.5 Å². The molecule has 1 aromatic carbocycles. The Labute approximate surface area is 177 Å². The number of carbonyl (C=O) groups is 1. The molecule has 29 heavy (non-hydrogen) atoms. The van der Waals surface area contributed by atoms with Crippen LogP contribution in [0.2, 0.25) is 10.0 Å². The van der Waals surface area contributed by atoms with E-state index in [1.165, 1.54) is 12.1 Å². The number of nitrogens with zero attached hydrogens (tertiary/aromatic N) is 3. The molecule has 1 aromatic heterocycles. The van der Waals surface area contributed by atoms with E-state index in [4.69, 9.17) is 23.2 Å². The number of rotatable bonds is 3. The second kappa shape index (κ2) is 6.72. The zero-order chi connectivity index (χ0) is 21.1. The number of halogens is 2. The minimum atomic E-state index is -0.627. The second-order valence-corrected chi connectivity index (χ2v) is 9.49. The third kappa shape index (κ3) is 3.12. The molecule has 2 aliphatic rings. The van der Waals surface area contributed by atoms with E-state index < -0.39 is 17.2 Å². The first-order chi connectivity index (χ1) is 13.6. The lowest BCUT2D eigenvalue weighted by Crippen LogP contribution is -2.54. The van der Waals surface area contributed by atoms with Gasteiger partial charge < -0.3 is 15.1 Å². The molecule has 2 fully saturated rings. The Morgan fingerprint density at radius 2 is 2.03 bits per heavy atom. The molecule has 1 aliphatic carbocycles. The first-order valence-corrected chi connectivity index (χ1v) is 10.0. The van der Waals surface area contributed by atoms with Gasteiger partial charge in [-0.2, -0.15) is 9.78 Å². The van der Waals surface area contributed by atoms with Crippen molar-refractivity contribution in [3.05, 3.63) is 50.4 Å². The molecule has 1 amide bonds. The fraction of sp³-hybridized carbons (Fsp3) is 0.450. The number of hydrogen-bond acceptors (Lipinski definition) is 5. The first kappa shape index (κ1) is 20.2. The molecule has 7 nitrogen and oxygen atoms in total. The SMILES string of the molecule is CC1(C)C[C@]2(CO)CN(C(=O)c3nn(-c4ccc(Cl)cc4Cl)c(=O)cc3O)C[C@H]12. The number of likely N-dealkylation sites (tertiary alicyclic amines) is 1. The van der Waals surface area contributed by atoms with Gasteiger partial charge in [0.05, 0.1) is 17.3 Å². The van der Waals surface area contributed by atoms with Crippen LogP contribution in [0.25, 0.3) is 5.69 Å². The molecule has 4 rings (SSSR count). The van der Waals surface area contributed by atoms with Crippen LogP contribution in [0.5, 0.6) is 5.75 Å². The van der Waals surface area contributed by atoms with Crippen molar-refractivity contribution >= 4 is 29.1 Å². The molecular weight excluding hydrogens is 417 g/mol. The highest BCUT2D eigenvalue weighted by Gasteiger charge is 2.63. The summed E-state index contributed by atoms with van der Waals surface area (Å²) in [5, 5.41) is 24.9. The molecular formula is C20H21Cl2N3O4. The summed E-state index contributed by atoms with van der Waals surface area (Å²) in [6.45, 7) is 5.10. The van der Waals surface area contributed by atoms with Crippen LogP contribution in [0.1, 0.15) is 30.8 Å². The van der Waals surface area contributed by atoms with Crippen molar-refractivity contribution in [2.45, 2.75) is 20.3 Å². The Morgan fingerprint density at radius 1 is 1.31 bits per heavy atom. The van der Waals surface area contributed by atoms with Crippen LogP contribution in [0, 0.1) is 16.7 Å². The second-order valence-electron chi connectivity index (χ2n) is 8.65. The molecule has 0 unspecified atom stereocenters. The molecule has 0 spiro atoms. The highest BCUT2D eigenvalue weighted by Crippen LogP contribution is 2.62. The predicted molar refractivity (Wildman–Crippen MR) is 109 cm³/mol. The van der Waals surface area contributed by atoms with Gasteiger partial charge in [-0.05, 0) is 36.0 Å². The molecule has 2 N–H and O–H groups in total. The zero-order valence-corrected chi connectivity index (χ0v) is 17.5. The Morgan fingerprint density at radius 3 is 2.62 bits per heavy atom.